The smallest absolute Gasteiger partial charge is 0.257 e. The summed E-state index contributed by atoms with van der Waals surface area (Å²) in [6, 6.07) is 9.45. The van der Waals surface area contributed by atoms with Crippen LogP contribution in [0.4, 0.5) is 0 Å². The Morgan fingerprint density at radius 1 is 1.11 bits per heavy atom. The minimum Gasteiger partial charge on any atom is -0.472 e. The molecule has 2 aliphatic heterocycles. The second-order valence-corrected chi connectivity index (χ2v) is 9.47. The number of amides is 1. The second kappa shape index (κ2) is 7.13. The lowest BCUT2D eigenvalue weighted by molar-refractivity contribution is 0.0305. The van der Waals surface area contributed by atoms with Gasteiger partial charge in [0.15, 0.2) is 9.84 Å². The number of carbonyl (C=O) groups excluding carboxylic acids is 1. The molecule has 0 saturated carbocycles. The first kappa shape index (κ1) is 18.3. The lowest BCUT2D eigenvalue weighted by Crippen LogP contribution is -2.60. The standard InChI is InChI=1S/C20H24N2O4S/c1-2-15-5-3-4-6-16(15)11-21-8-9-22(20(23)17-7-10-26-12-17)19-14-27(24,25)13-18(19)21/h3-7,10,12,18-19H,2,8-9,11,13-14H2,1H3/t18-,19+/m1/s1. The molecule has 2 aromatic rings. The Morgan fingerprint density at radius 3 is 2.56 bits per heavy atom. The zero-order valence-electron chi connectivity index (χ0n) is 15.4. The lowest BCUT2D eigenvalue weighted by Gasteiger charge is -2.44. The highest BCUT2D eigenvalue weighted by Gasteiger charge is 2.48. The van der Waals surface area contributed by atoms with Crippen molar-refractivity contribution in [1.82, 2.24) is 9.80 Å². The number of piperazine rings is 1. The van der Waals surface area contributed by atoms with Gasteiger partial charge >= 0.3 is 0 Å². The van der Waals surface area contributed by atoms with Gasteiger partial charge in [-0.2, -0.15) is 0 Å². The molecule has 1 aromatic heterocycles. The molecular weight excluding hydrogens is 364 g/mol. The molecule has 1 amide bonds. The second-order valence-electron chi connectivity index (χ2n) is 7.31. The molecule has 3 heterocycles. The van der Waals surface area contributed by atoms with Crippen LogP contribution in [0.3, 0.4) is 0 Å². The van der Waals surface area contributed by atoms with E-state index in [2.05, 4.69) is 24.0 Å². The van der Waals surface area contributed by atoms with Gasteiger partial charge in [-0.05, 0) is 23.6 Å². The summed E-state index contributed by atoms with van der Waals surface area (Å²) >= 11 is 0. The maximum absolute atomic E-state index is 12.8. The molecule has 2 saturated heterocycles. The molecular formula is C20H24N2O4S. The molecule has 2 fully saturated rings. The van der Waals surface area contributed by atoms with E-state index in [1.165, 1.54) is 23.7 Å². The molecule has 2 aliphatic rings. The van der Waals surface area contributed by atoms with Crippen LogP contribution in [0.15, 0.2) is 47.3 Å². The molecule has 0 bridgehead atoms. The Hall–Kier alpha value is -2.12. The predicted octanol–water partition coefficient (Wildman–Crippen LogP) is 1.97. The molecule has 7 heteroatoms. The largest absolute Gasteiger partial charge is 0.472 e. The third-order valence-corrected chi connectivity index (χ3v) is 7.39. The Morgan fingerprint density at radius 2 is 1.85 bits per heavy atom. The third kappa shape index (κ3) is 3.53. The summed E-state index contributed by atoms with van der Waals surface area (Å²) in [4.78, 5) is 16.8. The number of furan rings is 1. The zero-order valence-corrected chi connectivity index (χ0v) is 16.2. The third-order valence-electron chi connectivity index (χ3n) is 5.69. The van der Waals surface area contributed by atoms with E-state index in [4.69, 9.17) is 4.42 Å². The summed E-state index contributed by atoms with van der Waals surface area (Å²) in [7, 11) is -3.16. The van der Waals surface area contributed by atoms with E-state index >= 15 is 0 Å². The lowest BCUT2D eigenvalue weighted by atomic mass is 10.00. The number of fused-ring (bicyclic) bond motifs is 1. The van der Waals surface area contributed by atoms with Gasteiger partial charge in [0.1, 0.15) is 6.26 Å². The van der Waals surface area contributed by atoms with Crippen molar-refractivity contribution in [3.63, 3.8) is 0 Å². The molecule has 27 heavy (non-hydrogen) atoms. The van der Waals surface area contributed by atoms with Crippen LogP contribution >= 0.6 is 0 Å². The Balaban J connectivity index is 1.59. The first-order valence-corrected chi connectivity index (χ1v) is 11.1. The van der Waals surface area contributed by atoms with Crippen LogP contribution < -0.4 is 0 Å². The Bertz CT molecular complexity index is 923. The molecule has 1 aromatic carbocycles. The van der Waals surface area contributed by atoms with E-state index in [1.807, 2.05) is 12.1 Å². The normalized spacial score (nSPS) is 24.7. The summed E-state index contributed by atoms with van der Waals surface area (Å²) in [5.74, 6) is -0.00152. The fraction of sp³-hybridized carbons (Fsp3) is 0.450. The van der Waals surface area contributed by atoms with Crippen molar-refractivity contribution in [3.05, 3.63) is 59.5 Å². The number of sulfone groups is 1. The highest BCUT2D eigenvalue weighted by atomic mass is 32.2. The van der Waals surface area contributed by atoms with Crippen LogP contribution in [-0.4, -0.2) is 60.8 Å². The number of hydrogen-bond acceptors (Lipinski definition) is 5. The molecule has 0 aliphatic carbocycles. The van der Waals surface area contributed by atoms with E-state index in [9.17, 15) is 13.2 Å². The van der Waals surface area contributed by atoms with Crippen LogP contribution in [0.1, 0.15) is 28.4 Å². The minimum absolute atomic E-state index is 0.0349. The summed E-state index contributed by atoms with van der Waals surface area (Å²) in [6.07, 6.45) is 3.83. The van der Waals surface area contributed by atoms with Gasteiger partial charge in [0.25, 0.3) is 5.91 Å². The van der Waals surface area contributed by atoms with Gasteiger partial charge in [0.2, 0.25) is 0 Å². The molecule has 2 atom stereocenters. The van der Waals surface area contributed by atoms with Crippen molar-refractivity contribution in [2.24, 2.45) is 0 Å². The van der Waals surface area contributed by atoms with Crippen molar-refractivity contribution in [3.8, 4) is 0 Å². The average Bonchev–Trinajstić information content (AvgIpc) is 3.29. The van der Waals surface area contributed by atoms with Gasteiger partial charge in [0.05, 0.1) is 29.4 Å². The SMILES string of the molecule is CCc1ccccc1CN1CCN(C(=O)c2ccoc2)[C@H]2CS(=O)(=O)C[C@H]21. The molecule has 4 rings (SSSR count). The van der Waals surface area contributed by atoms with Crippen molar-refractivity contribution in [2.45, 2.75) is 32.0 Å². The summed E-state index contributed by atoms with van der Waals surface area (Å²) in [6.45, 7) is 4.03. The zero-order chi connectivity index (χ0) is 19.0. The summed E-state index contributed by atoms with van der Waals surface area (Å²) < 4.78 is 29.8. The molecule has 0 spiro atoms. The van der Waals surface area contributed by atoms with Crippen LogP contribution in [0.2, 0.25) is 0 Å². The van der Waals surface area contributed by atoms with Crippen molar-refractivity contribution in [1.29, 1.82) is 0 Å². The maximum Gasteiger partial charge on any atom is 0.257 e. The predicted molar refractivity (Wildman–Crippen MR) is 102 cm³/mol. The van der Waals surface area contributed by atoms with Crippen LogP contribution in [0.5, 0.6) is 0 Å². The first-order chi connectivity index (χ1) is 13.0. The van der Waals surface area contributed by atoms with E-state index < -0.39 is 9.84 Å². The Labute approximate surface area is 159 Å². The monoisotopic (exact) mass is 388 g/mol. The highest BCUT2D eigenvalue weighted by molar-refractivity contribution is 7.91. The number of rotatable bonds is 4. The number of aryl methyl sites for hydroxylation is 1. The van der Waals surface area contributed by atoms with E-state index in [-0.39, 0.29) is 29.5 Å². The molecule has 144 valence electrons. The number of hydrogen-bond donors (Lipinski definition) is 0. The van der Waals surface area contributed by atoms with Crippen molar-refractivity contribution >= 4 is 15.7 Å². The minimum atomic E-state index is -3.16. The van der Waals surface area contributed by atoms with E-state index in [0.29, 0.717) is 25.2 Å². The van der Waals surface area contributed by atoms with Gasteiger partial charge < -0.3 is 9.32 Å². The van der Waals surface area contributed by atoms with Gasteiger partial charge in [0, 0.05) is 25.7 Å². The molecule has 0 unspecified atom stereocenters. The van der Waals surface area contributed by atoms with Crippen LogP contribution in [0, 0.1) is 0 Å². The van der Waals surface area contributed by atoms with Crippen molar-refractivity contribution < 1.29 is 17.6 Å². The quantitative estimate of drug-likeness (QED) is 0.801. The van der Waals surface area contributed by atoms with E-state index in [1.54, 1.807) is 11.0 Å². The topological polar surface area (TPSA) is 70.8 Å². The summed E-state index contributed by atoms with van der Waals surface area (Å²) in [5.41, 5.74) is 2.99. The number of nitrogens with zero attached hydrogens (tertiary/aromatic N) is 2. The molecule has 6 nitrogen and oxygen atoms in total. The molecule has 0 N–H and O–H groups in total. The van der Waals surface area contributed by atoms with Gasteiger partial charge in [-0.15, -0.1) is 0 Å². The first-order valence-electron chi connectivity index (χ1n) is 9.33. The number of carbonyl (C=O) groups is 1. The number of benzene rings is 1. The fourth-order valence-corrected chi connectivity index (χ4v) is 6.31. The van der Waals surface area contributed by atoms with Crippen LogP contribution in [0.25, 0.3) is 0 Å². The van der Waals surface area contributed by atoms with Gasteiger partial charge in [-0.1, -0.05) is 31.2 Å². The maximum atomic E-state index is 12.8. The summed E-state index contributed by atoms with van der Waals surface area (Å²) in [5, 5.41) is 0. The molecule has 0 radical (unpaired) electrons. The van der Waals surface area contributed by atoms with Crippen molar-refractivity contribution in [2.75, 3.05) is 24.6 Å². The van der Waals surface area contributed by atoms with Gasteiger partial charge in [-0.3, -0.25) is 9.69 Å². The van der Waals surface area contributed by atoms with E-state index in [0.717, 1.165) is 6.42 Å². The highest BCUT2D eigenvalue weighted by Crippen LogP contribution is 2.30. The fourth-order valence-electron chi connectivity index (χ4n) is 4.30. The van der Waals surface area contributed by atoms with Crippen LogP contribution in [-0.2, 0) is 22.8 Å². The van der Waals surface area contributed by atoms with Gasteiger partial charge in [-0.25, -0.2) is 8.42 Å². The Kier molecular flexibility index (Phi) is 4.82. The average molecular weight is 388 g/mol.